The Kier molecular flexibility index (Phi) is 4.29. The van der Waals surface area contributed by atoms with Crippen LogP contribution in [0.15, 0.2) is 30.3 Å². The van der Waals surface area contributed by atoms with Gasteiger partial charge in [-0.25, -0.2) is 4.98 Å². The van der Waals surface area contributed by atoms with Gasteiger partial charge in [-0.1, -0.05) is 6.07 Å². The number of aromatic amines is 1. The van der Waals surface area contributed by atoms with Gasteiger partial charge in [-0.15, -0.1) is 11.3 Å². The Morgan fingerprint density at radius 1 is 1.21 bits per heavy atom. The number of likely N-dealkylation sites (tertiary alicyclic amines) is 1. The number of hydrogen-bond acceptors (Lipinski definition) is 7. The summed E-state index contributed by atoms with van der Waals surface area (Å²) < 4.78 is 6.33. The summed E-state index contributed by atoms with van der Waals surface area (Å²) in [5, 5.41) is 6.55. The standard InChI is InChI=1S/C20H22N6O2S/c21-17-3-1-2-13(23-17)16-10-12-15(29-16)4-9-28-20(12)5-7-26(8-6-20)19(27)14-11-18(22)25-24-14/h1-3,10-11H,4-9H2,(H2,21,23)(H3,22,24,25). The van der Waals surface area contributed by atoms with E-state index in [9.17, 15) is 4.79 Å². The number of anilines is 2. The van der Waals surface area contributed by atoms with Gasteiger partial charge in [0.15, 0.2) is 0 Å². The van der Waals surface area contributed by atoms with Crippen molar-refractivity contribution in [2.75, 3.05) is 31.2 Å². The molecule has 150 valence electrons. The molecule has 0 bridgehead atoms. The van der Waals surface area contributed by atoms with E-state index >= 15 is 0 Å². The molecule has 2 aliphatic heterocycles. The van der Waals surface area contributed by atoms with Gasteiger partial charge in [-0.05, 0) is 36.6 Å². The number of amides is 1. The molecular weight excluding hydrogens is 388 g/mol. The monoisotopic (exact) mass is 410 g/mol. The SMILES string of the molecule is Nc1cc(C(=O)N2CCC3(CC2)OCCc2sc(-c4cccc(N)n4)cc23)[nH]n1. The van der Waals surface area contributed by atoms with Crippen molar-refractivity contribution in [2.24, 2.45) is 0 Å². The zero-order valence-electron chi connectivity index (χ0n) is 15.9. The van der Waals surface area contributed by atoms with Crippen molar-refractivity contribution in [1.82, 2.24) is 20.1 Å². The predicted molar refractivity (Wildman–Crippen MR) is 111 cm³/mol. The minimum atomic E-state index is -0.341. The Bertz CT molecular complexity index is 1070. The number of nitrogen functional groups attached to an aromatic ring is 2. The molecule has 1 spiro atoms. The largest absolute Gasteiger partial charge is 0.384 e. The first kappa shape index (κ1) is 18.1. The number of hydrogen-bond donors (Lipinski definition) is 3. The number of pyridine rings is 1. The number of nitrogens with two attached hydrogens (primary N) is 2. The van der Waals surface area contributed by atoms with E-state index in [0.29, 0.717) is 37.0 Å². The van der Waals surface area contributed by atoms with Crippen molar-refractivity contribution in [3.05, 3.63) is 46.5 Å². The smallest absolute Gasteiger partial charge is 0.271 e. The van der Waals surface area contributed by atoms with E-state index in [-0.39, 0.29) is 11.5 Å². The predicted octanol–water partition coefficient (Wildman–Crippen LogP) is 2.40. The van der Waals surface area contributed by atoms with Crippen LogP contribution in [0.25, 0.3) is 10.6 Å². The molecule has 5 rings (SSSR count). The third-order valence-corrected chi connectivity index (χ3v) is 6.93. The Morgan fingerprint density at radius 3 is 2.76 bits per heavy atom. The molecule has 3 aromatic heterocycles. The Balaban J connectivity index is 1.39. The van der Waals surface area contributed by atoms with Gasteiger partial charge in [0.2, 0.25) is 0 Å². The summed E-state index contributed by atoms with van der Waals surface area (Å²) in [5.74, 6) is 0.768. The van der Waals surface area contributed by atoms with Crippen molar-refractivity contribution in [2.45, 2.75) is 24.9 Å². The molecule has 0 aromatic carbocycles. The zero-order valence-corrected chi connectivity index (χ0v) is 16.7. The fourth-order valence-corrected chi connectivity index (χ4v) is 5.43. The number of nitrogens with zero attached hydrogens (tertiary/aromatic N) is 3. The molecule has 1 amide bonds. The van der Waals surface area contributed by atoms with E-state index < -0.39 is 0 Å². The maximum Gasteiger partial charge on any atom is 0.271 e. The highest BCUT2D eigenvalue weighted by atomic mass is 32.1. The molecular formula is C20H22N6O2S. The first-order valence-electron chi connectivity index (χ1n) is 9.64. The molecule has 9 heteroatoms. The number of nitrogens with one attached hydrogen (secondary N) is 1. The van der Waals surface area contributed by atoms with Crippen LogP contribution in [-0.4, -0.2) is 45.7 Å². The van der Waals surface area contributed by atoms with E-state index in [4.69, 9.17) is 16.2 Å². The summed E-state index contributed by atoms with van der Waals surface area (Å²) in [7, 11) is 0. The van der Waals surface area contributed by atoms with E-state index in [1.165, 1.54) is 10.4 Å². The van der Waals surface area contributed by atoms with Gasteiger partial charge >= 0.3 is 0 Å². The van der Waals surface area contributed by atoms with Gasteiger partial charge in [-0.3, -0.25) is 9.89 Å². The minimum absolute atomic E-state index is 0.0740. The van der Waals surface area contributed by atoms with Crippen LogP contribution in [0.1, 0.15) is 33.8 Å². The second-order valence-electron chi connectivity index (χ2n) is 7.49. The number of carbonyl (C=O) groups excluding carboxylic acids is 1. The highest BCUT2D eigenvalue weighted by Gasteiger charge is 2.43. The lowest BCUT2D eigenvalue weighted by Crippen LogP contribution is -2.48. The molecule has 29 heavy (non-hydrogen) atoms. The molecule has 1 saturated heterocycles. The van der Waals surface area contributed by atoms with Gasteiger partial charge in [0.05, 0.1) is 22.8 Å². The fourth-order valence-electron chi connectivity index (χ4n) is 4.23. The van der Waals surface area contributed by atoms with Crippen LogP contribution >= 0.6 is 11.3 Å². The van der Waals surface area contributed by atoms with Crippen molar-refractivity contribution in [3.63, 3.8) is 0 Å². The van der Waals surface area contributed by atoms with Gasteiger partial charge in [0.25, 0.3) is 5.91 Å². The van der Waals surface area contributed by atoms with Crippen molar-refractivity contribution in [1.29, 1.82) is 0 Å². The van der Waals surface area contributed by atoms with Gasteiger partial charge in [-0.2, -0.15) is 5.10 Å². The Labute approximate surface area is 171 Å². The average Bonchev–Trinajstić information content (AvgIpc) is 3.36. The Morgan fingerprint density at radius 2 is 2.03 bits per heavy atom. The van der Waals surface area contributed by atoms with Crippen LogP contribution < -0.4 is 11.5 Å². The molecule has 1 fully saturated rings. The Hall–Kier alpha value is -2.91. The van der Waals surface area contributed by atoms with Crippen molar-refractivity contribution >= 4 is 28.9 Å². The summed E-state index contributed by atoms with van der Waals surface area (Å²) in [6.07, 6.45) is 2.42. The molecule has 0 radical (unpaired) electrons. The second-order valence-corrected chi connectivity index (χ2v) is 8.62. The number of thiophene rings is 1. The van der Waals surface area contributed by atoms with Crippen LogP contribution in [0.4, 0.5) is 11.6 Å². The molecule has 0 atom stereocenters. The first-order valence-corrected chi connectivity index (χ1v) is 10.5. The number of carbonyl (C=O) groups is 1. The zero-order chi connectivity index (χ0) is 20.0. The van der Waals surface area contributed by atoms with Crippen molar-refractivity contribution in [3.8, 4) is 10.6 Å². The minimum Gasteiger partial charge on any atom is -0.384 e. The van der Waals surface area contributed by atoms with Crippen molar-refractivity contribution < 1.29 is 9.53 Å². The van der Waals surface area contributed by atoms with Gasteiger partial charge in [0.1, 0.15) is 17.3 Å². The van der Waals surface area contributed by atoms with E-state index in [1.54, 1.807) is 23.5 Å². The van der Waals surface area contributed by atoms with Crippen LogP contribution in [0.2, 0.25) is 0 Å². The number of fused-ring (bicyclic) bond motifs is 2. The average molecular weight is 411 g/mol. The topological polar surface area (TPSA) is 123 Å². The lowest BCUT2D eigenvalue weighted by Gasteiger charge is -2.43. The van der Waals surface area contributed by atoms with Gasteiger partial charge < -0.3 is 21.1 Å². The van der Waals surface area contributed by atoms with Crippen LogP contribution in [0.3, 0.4) is 0 Å². The van der Waals surface area contributed by atoms with E-state index in [0.717, 1.165) is 29.8 Å². The lowest BCUT2D eigenvalue weighted by molar-refractivity contribution is -0.0926. The molecule has 0 aliphatic carbocycles. The number of H-pyrrole nitrogens is 1. The first-order chi connectivity index (χ1) is 14.0. The highest BCUT2D eigenvalue weighted by Crippen LogP contribution is 2.46. The van der Waals surface area contributed by atoms with E-state index in [1.807, 2.05) is 17.0 Å². The second kappa shape index (κ2) is 6.85. The molecule has 0 unspecified atom stereocenters. The summed E-state index contributed by atoms with van der Waals surface area (Å²) in [6.45, 7) is 1.94. The number of aromatic nitrogens is 3. The maximum absolute atomic E-state index is 12.7. The lowest BCUT2D eigenvalue weighted by atomic mass is 9.82. The third kappa shape index (κ3) is 3.16. The highest BCUT2D eigenvalue weighted by molar-refractivity contribution is 7.15. The summed E-state index contributed by atoms with van der Waals surface area (Å²) in [4.78, 5) is 21.4. The van der Waals surface area contributed by atoms with E-state index in [2.05, 4.69) is 21.2 Å². The summed E-state index contributed by atoms with van der Waals surface area (Å²) >= 11 is 1.77. The number of rotatable bonds is 2. The fraction of sp³-hybridized carbons (Fsp3) is 0.350. The summed E-state index contributed by atoms with van der Waals surface area (Å²) in [6, 6.07) is 9.48. The molecule has 5 heterocycles. The van der Waals surface area contributed by atoms with Gasteiger partial charge in [0, 0.05) is 30.5 Å². The summed E-state index contributed by atoms with van der Waals surface area (Å²) in [5.41, 5.74) is 13.7. The molecule has 8 nitrogen and oxygen atoms in total. The number of ether oxygens (including phenoxy) is 1. The van der Waals surface area contributed by atoms with Crippen LogP contribution in [0.5, 0.6) is 0 Å². The third-order valence-electron chi connectivity index (χ3n) is 5.72. The maximum atomic E-state index is 12.7. The van der Waals surface area contributed by atoms with Crippen LogP contribution in [-0.2, 0) is 16.8 Å². The molecule has 5 N–H and O–H groups in total. The molecule has 3 aromatic rings. The quantitative estimate of drug-likeness (QED) is 0.596. The molecule has 2 aliphatic rings. The molecule has 0 saturated carbocycles. The van der Waals surface area contributed by atoms with Crippen LogP contribution in [0, 0.1) is 0 Å². The number of piperidine rings is 1. The normalized spacial score (nSPS) is 18.0.